The lowest BCUT2D eigenvalue weighted by atomic mass is 10.1. The second-order valence-corrected chi connectivity index (χ2v) is 5.28. The highest BCUT2D eigenvalue weighted by Gasteiger charge is 2.30. The van der Waals surface area contributed by atoms with E-state index in [-0.39, 0.29) is 5.95 Å². The second kappa shape index (κ2) is 6.04. The Morgan fingerprint density at radius 2 is 1.70 bits per heavy atom. The lowest BCUT2D eigenvalue weighted by Crippen LogP contribution is -2.44. The molecule has 122 valence electrons. The summed E-state index contributed by atoms with van der Waals surface area (Å²) >= 11 is 0. The Labute approximate surface area is 131 Å². The SMILES string of the molecule is Nc1nc(-c2ccc(C(F)(F)F)cc2)cc(N2CCNCC2)n1. The number of hydrogen-bond acceptors (Lipinski definition) is 5. The summed E-state index contributed by atoms with van der Waals surface area (Å²) in [5.41, 5.74) is 6.16. The molecule has 1 saturated heterocycles. The van der Waals surface area contributed by atoms with Crippen molar-refractivity contribution in [3.8, 4) is 11.3 Å². The molecular formula is C15H16F3N5. The molecule has 0 bridgehead atoms. The van der Waals surface area contributed by atoms with Crippen molar-refractivity contribution in [3.63, 3.8) is 0 Å². The molecule has 5 nitrogen and oxygen atoms in total. The lowest BCUT2D eigenvalue weighted by molar-refractivity contribution is -0.137. The number of benzene rings is 1. The molecule has 3 N–H and O–H groups in total. The van der Waals surface area contributed by atoms with Crippen molar-refractivity contribution in [3.05, 3.63) is 35.9 Å². The van der Waals surface area contributed by atoms with E-state index in [1.165, 1.54) is 12.1 Å². The lowest BCUT2D eigenvalue weighted by Gasteiger charge is -2.28. The molecule has 0 atom stereocenters. The minimum absolute atomic E-state index is 0.107. The number of aromatic nitrogens is 2. The fourth-order valence-corrected chi connectivity index (χ4v) is 2.49. The number of hydrogen-bond donors (Lipinski definition) is 2. The van der Waals surface area contributed by atoms with Crippen molar-refractivity contribution in [1.29, 1.82) is 0 Å². The average Bonchev–Trinajstić information content (AvgIpc) is 2.54. The van der Waals surface area contributed by atoms with E-state index in [4.69, 9.17) is 5.73 Å². The molecule has 3 rings (SSSR count). The molecule has 0 aliphatic carbocycles. The summed E-state index contributed by atoms with van der Waals surface area (Å²) < 4.78 is 37.9. The van der Waals surface area contributed by atoms with E-state index < -0.39 is 11.7 Å². The van der Waals surface area contributed by atoms with Crippen LogP contribution in [0.3, 0.4) is 0 Å². The summed E-state index contributed by atoms with van der Waals surface area (Å²) in [6, 6.07) is 6.62. The molecule has 8 heteroatoms. The molecule has 0 amide bonds. The standard InChI is InChI=1S/C15H16F3N5/c16-15(17,18)11-3-1-10(2-4-11)12-9-13(22-14(19)21-12)23-7-5-20-6-8-23/h1-4,9,20H,5-8H2,(H2,19,21,22). The smallest absolute Gasteiger partial charge is 0.368 e. The van der Waals surface area contributed by atoms with E-state index in [1.807, 2.05) is 0 Å². The molecule has 23 heavy (non-hydrogen) atoms. The van der Waals surface area contributed by atoms with E-state index in [2.05, 4.69) is 20.2 Å². The third kappa shape index (κ3) is 3.53. The van der Waals surface area contributed by atoms with E-state index >= 15 is 0 Å². The Kier molecular flexibility index (Phi) is 4.08. The second-order valence-electron chi connectivity index (χ2n) is 5.28. The number of nitrogens with one attached hydrogen (secondary N) is 1. The Hall–Kier alpha value is -2.35. The van der Waals surface area contributed by atoms with Gasteiger partial charge in [0, 0.05) is 37.8 Å². The minimum Gasteiger partial charge on any atom is -0.368 e. The number of anilines is 2. The van der Waals surface area contributed by atoms with Crippen LogP contribution < -0.4 is 16.0 Å². The number of alkyl halides is 3. The highest BCUT2D eigenvalue weighted by atomic mass is 19.4. The molecule has 1 aliphatic heterocycles. The van der Waals surface area contributed by atoms with Gasteiger partial charge in [-0.05, 0) is 12.1 Å². The van der Waals surface area contributed by atoms with E-state index in [1.54, 1.807) is 6.07 Å². The molecule has 0 spiro atoms. The maximum absolute atomic E-state index is 12.6. The molecule has 0 radical (unpaired) electrons. The van der Waals surface area contributed by atoms with Gasteiger partial charge in [0.25, 0.3) is 0 Å². The Morgan fingerprint density at radius 3 is 2.30 bits per heavy atom. The number of piperazine rings is 1. The largest absolute Gasteiger partial charge is 0.416 e. The molecular weight excluding hydrogens is 307 g/mol. The van der Waals surface area contributed by atoms with Gasteiger partial charge in [-0.2, -0.15) is 18.2 Å². The van der Waals surface area contributed by atoms with E-state index in [0.29, 0.717) is 17.1 Å². The van der Waals surface area contributed by atoms with Gasteiger partial charge in [-0.3, -0.25) is 0 Å². The van der Waals surface area contributed by atoms with Crippen LogP contribution in [0.25, 0.3) is 11.3 Å². The van der Waals surface area contributed by atoms with Crippen LogP contribution in [0.1, 0.15) is 5.56 Å². The Balaban J connectivity index is 1.91. The molecule has 2 aromatic rings. The first-order valence-electron chi connectivity index (χ1n) is 7.21. The monoisotopic (exact) mass is 323 g/mol. The van der Waals surface area contributed by atoms with Gasteiger partial charge in [0.2, 0.25) is 5.95 Å². The summed E-state index contributed by atoms with van der Waals surface area (Å²) in [5, 5.41) is 3.24. The number of nitrogen functional groups attached to an aromatic ring is 1. The highest BCUT2D eigenvalue weighted by molar-refractivity contribution is 5.65. The van der Waals surface area contributed by atoms with Gasteiger partial charge in [-0.15, -0.1) is 0 Å². The van der Waals surface area contributed by atoms with Crippen LogP contribution in [0.2, 0.25) is 0 Å². The van der Waals surface area contributed by atoms with Gasteiger partial charge >= 0.3 is 6.18 Å². The van der Waals surface area contributed by atoms with Crippen LogP contribution in [0.5, 0.6) is 0 Å². The van der Waals surface area contributed by atoms with Crippen LogP contribution >= 0.6 is 0 Å². The zero-order chi connectivity index (χ0) is 16.4. The maximum Gasteiger partial charge on any atom is 0.416 e. The topological polar surface area (TPSA) is 67.1 Å². The first kappa shape index (κ1) is 15.5. The van der Waals surface area contributed by atoms with Crippen molar-refractivity contribution in [2.24, 2.45) is 0 Å². The minimum atomic E-state index is -4.35. The van der Waals surface area contributed by atoms with Gasteiger partial charge in [0.1, 0.15) is 5.82 Å². The average molecular weight is 323 g/mol. The van der Waals surface area contributed by atoms with Crippen LogP contribution in [0.15, 0.2) is 30.3 Å². The van der Waals surface area contributed by atoms with Gasteiger partial charge in [0.15, 0.2) is 0 Å². The highest BCUT2D eigenvalue weighted by Crippen LogP contribution is 2.31. The predicted octanol–water partition coefficient (Wildman–Crippen LogP) is 2.15. The summed E-state index contributed by atoms with van der Waals surface area (Å²) in [7, 11) is 0. The maximum atomic E-state index is 12.6. The summed E-state index contributed by atoms with van der Waals surface area (Å²) in [5.74, 6) is 0.796. The normalized spacial score (nSPS) is 15.7. The zero-order valence-corrected chi connectivity index (χ0v) is 12.3. The zero-order valence-electron chi connectivity index (χ0n) is 12.3. The molecule has 1 fully saturated rings. The van der Waals surface area contributed by atoms with Gasteiger partial charge in [0.05, 0.1) is 11.3 Å². The molecule has 0 saturated carbocycles. The fourth-order valence-electron chi connectivity index (χ4n) is 2.49. The number of halogens is 3. The van der Waals surface area contributed by atoms with Crippen molar-refractivity contribution in [2.45, 2.75) is 6.18 Å². The third-order valence-corrected chi connectivity index (χ3v) is 3.68. The number of nitrogens with two attached hydrogens (primary N) is 1. The first-order valence-corrected chi connectivity index (χ1v) is 7.21. The van der Waals surface area contributed by atoms with Gasteiger partial charge in [-0.1, -0.05) is 12.1 Å². The van der Waals surface area contributed by atoms with Crippen molar-refractivity contribution in [1.82, 2.24) is 15.3 Å². The van der Waals surface area contributed by atoms with Crippen LogP contribution in [0.4, 0.5) is 24.9 Å². The van der Waals surface area contributed by atoms with E-state index in [0.717, 1.165) is 38.3 Å². The molecule has 1 aromatic carbocycles. The predicted molar refractivity (Wildman–Crippen MR) is 82.0 cm³/mol. The van der Waals surface area contributed by atoms with Crippen LogP contribution in [-0.2, 0) is 6.18 Å². The Morgan fingerprint density at radius 1 is 1.04 bits per heavy atom. The van der Waals surface area contributed by atoms with Gasteiger partial charge < -0.3 is 16.0 Å². The van der Waals surface area contributed by atoms with Gasteiger partial charge in [-0.25, -0.2) is 4.98 Å². The van der Waals surface area contributed by atoms with Crippen molar-refractivity contribution in [2.75, 3.05) is 36.8 Å². The summed E-state index contributed by atoms with van der Waals surface area (Å²) in [4.78, 5) is 10.4. The number of rotatable bonds is 2. The van der Waals surface area contributed by atoms with Crippen LogP contribution in [-0.4, -0.2) is 36.1 Å². The van der Waals surface area contributed by atoms with E-state index in [9.17, 15) is 13.2 Å². The molecule has 2 heterocycles. The number of nitrogens with zero attached hydrogens (tertiary/aromatic N) is 3. The summed E-state index contributed by atoms with van der Waals surface area (Å²) in [6.07, 6.45) is -4.35. The van der Waals surface area contributed by atoms with Crippen molar-refractivity contribution >= 4 is 11.8 Å². The Bertz CT molecular complexity index is 679. The van der Waals surface area contributed by atoms with Crippen LogP contribution in [0, 0.1) is 0 Å². The first-order chi connectivity index (χ1) is 10.9. The van der Waals surface area contributed by atoms with Crippen molar-refractivity contribution < 1.29 is 13.2 Å². The summed E-state index contributed by atoms with van der Waals surface area (Å²) in [6.45, 7) is 3.28. The fraction of sp³-hybridized carbons (Fsp3) is 0.333. The molecule has 1 aromatic heterocycles. The quantitative estimate of drug-likeness (QED) is 0.886. The molecule has 1 aliphatic rings. The third-order valence-electron chi connectivity index (χ3n) is 3.68. The molecule has 0 unspecified atom stereocenters.